The topological polar surface area (TPSA) is 29.5 Å². The van der Waals surface area contributed by atoms with Gasteiger partial charge in [-0.25, -0.2) is 0 Å². The Morgan fingerprint density at radius 3 is 2.21 bits per heavy atom. The van der Waals surface area contributed by atoms with Gasteiger partial charge in [0, 0.05) is 0 Å². The maximum atomic E-state index is 8.92. The van der Waals surface area contributed by atoms with Crippen LogP contribution < -0.4 is 4.74 Å². The van der Waals surface area contributed by atoms with Gasteiger partial charge in [0.1, 0.15) is 5.75 Å². The number of hydrogen-bond donors (Lipinski definition) is 1. The summed E-state index contributed by atoms with van der Waals surface area (Å²) in [6.45, 7) is 8.09. The number of benzene rings is 1. The van der Waals surface area contributed by atoms with Crippen molar-refractivity contribution in [3.05, 3.63) is 28.8 Å². The first-order valence-corrected chi connectivity index (χ1v) is 4.94. The minimum Gasteiger partial charge on any atom is -0.496 e. The van der Waals surface area contributed by atoms with Crippen molar-refractivity contribution in [1.82, 2.24) is 0 Å². The van der Waals surface area contributed by atoms with Crippen molar-refractivity contribution >= 4 is 0 Å². The van der Waals surface area contributed by atoms with Crippen molar-refractivity contribution in [1.29, 1.82) is 0 Å². The van der Waals surface area contributed by atoms with Gasteiger partial charge in [-0.1, -0.05) is 19.9 Å². The van der Waals surface area contributed by atoms with E-state index in [0.717, 1.165) is 22.4 Å². The molecule has 2 nitrogen and oxygen atoms in total. The van der Waals surface area contributed by atoms with Gasteiger partial charge in [-0.2, -0.15) is 0 Å². The molecular weight excluding hydrogens is 176 g/mol. The fraction of sp³-hybridized carbons (Fsp3) is 0.500. The minimum atomic E-state index is 0.0669. The molecule has 0 unspecified atom stereocenters. The van der Waals surface area contributed by atoms with Gasteiger partial charge in [-0.3, -0.25) is 0 Å². The lowest BCUT2D eigenvalue weighted by Crippen LogP contribution is -1.93. The summed E-state index contributed by atoms with van der Waals surface area (Å²) in [6, 6.07) is 3.83. The molecule has 0 bridgehead atoms. The van der Waals surface area contributed by atoms with Crippen LogP contribution in [0.15, 0.2) is 12.1 Å². The molecule has 0 aliphatic rings. The zero-order chi connectivity index (χ0) is 11.1. The number of aliphatic hydroxyl groups is 1. The van der Waals surface area contributed by atoms with Crippen molar-refractivity contribution < 1.29 is 9.84 Å². The number of hydrogen-bond acceptors (Lipinski definition) is 2. The van der Waals surface area contributed by atoms with E-state index in [1.165, 1.54) is 0 Å². The molecule has 0 aliphatic carbocycles. The van der Waals surface area contributed by atoms with Crippen LogP contribution in [-0.2, 0) is 6.61 Å². The van der Waals surface area contributed by atoms with Crippen LogP contribution in [0.1, 0.15) is 30.5 Å². The van der Waals surface area contributed by atoms with Crippen molar-refractivity contribution in [2.24, 2.45) is 0 Å². The molecule has 0 aliphatic heterocycles. The highest BCUT2D eigenvalue weighted by molar-refractivity contribution is 5.42. The summed E-state index contributed by atoms with van der Waals surface area (Å²) < 4.78 is 5.16. The van der Waals surface area contributed by atoms with E-state index in [1.807, 2.05) is 39.8 Å². The third kappa shape index (κ3) is 3.04. The lowest BCUT2D eigenvalue weighted by molar-refractivity contribution is 0.281. The van der Waals surface area contributed by atoms with Gasteiger partial charge in [0.25, 0.3) is 0 Å². The second-order valence-electron chi connectivity index (χ2n) is 2.90. The Kier molecular flexibility index (Phi) is 5.97. The van der Waals surface area contributed by atoms with E-state index in [-0.39, 0.29) is 6.61 Å². The Bertz CT molecular complexity index is 280. The van der Waals surface area contributed by atoms with Crippen LogP contribution >= 0.6 is 0 Å². The zero-order valence-electron chi connectivity index (χ0n) is 9.72. The Morgan fingerprint density at radius 1 is 1.21 bits per heavy atom. The number of ether oxygens (including phenoxy) is 1. The monoisotopic (exact) mass is 196 g/mol. The Balaban J connectivity index is 0.000000791. The first-order chi connectivity index (χ1) is 6.69. The normalized spacial score (nSPS) is 9.00. The standard InChI is InChI=1S/C10H14O2.C2H6/c1-7-4-9(6-11)5-10(12-3)8(7)2;1-2/h4-5,11H,6H2,1-3H3;1-2H3. The summed E-state index contributed by atoms with van der Waals surface area (Å²) in [7, 11) is 1.64. The van der Waals surface area contributed by atoms with Crippen molar-refractivity contribution in [3.63, 3.8) is 0 Å². The van der Waals surface area contributed by atoms with Crippen LogP contribution in [0.4, 0.5) is 0 Å². The van der Waals surface area contributed by atoms with Gasteiger partial charge in [0.15, 0.2) is 0 Å². The average molecular weight is 196 g/mol. The molecule has 0 spiro atoms. The number of aryl methyl sites for hydroxylation is 1. The molecule has 0 fully saturated rings. The molecule has 2 heteroatoms. The minimum absolute atomic E-state index is 0.0669. The first kappa shape index (κ1) is 13.0. The van der Waals surface area contributed by atoms with Crippen molar-refractivity contribution in [2.75, 3.05) is 7.11 Å². The van der Waals surface area contributed by atoms with Crippen LogP contribution in [0.5, 0.6) is 5.75 Å². The molecule has 1 rings (SSSR count). The predicted octanol–water partition coefficient (Wildman–Crippen LogP) is 2.83. The molecule has 0 radical (unpaired) electrons. The molecule has 0 saturated heterocycles. The third-order valence-corrected chi connectivity index (χ3v) is 2.08. The summed E-state index contributed by atoms with van der Waals surface area (Å²) in [5.41, 5.74) is 3.18. The van der Waals surface area contributed by atoms with Gasteiger partial charge in [0.2, 0.25) is 0 Å². The molecule has 1 aromatic rings. The molecule has 0 saturated carbocycles. The lowest BCUT2D eigenvalue weighted by atomic mass is 10.1. The number of methoxy groups -OCH3 is 1. The van der Waals surface area contributed by atoms with E-state index >= 15 is 0 Å². The van der Waals surface area contributed by atoms with Crippen LogP contribution in [0, 0.1) is 13.8 Å². The van der Waals surface area contributed by atoms with E-state index in [9.17, 15) is 0 Å². The Hall–Kier alpha value is -1.02. The van der Waals surface area contributed by atoms with Crippen LogP contribution in [0.2, 0.25) is 0 Å². The van der Waals surface area contributed by atoms with E-state index in [1.54, 1.807) is 7.11 Å². The molecule has 14 heavy (non-hydrogen) atoms. The second kappa shape index (κ2) is 6.44. The van der Waals surface area contributed by atoms with E-state index in [0.29, 0.717) is 0 Å². The maximum Gasteiger partial charge on any atom is 0.122 e. The van der Waals surface area contributed by atoms with Crippen LogP contribution in [0.3, 0.4) is 0 Å². The van der Waals surface area contributed by atoms with Crippen molar-refractivity contribution in [2.45, 2.75) is 34.3 Å². The van der Waals surface area contributed by atoms with Crippen LogP contribution in [0.25, 0.3) is 0 Å². The first-order valence-electron chi connectivity index (χ1n) is 4.94. The smallest absolute Gasteiger partial charge is 0.122 e. The number of rotatable bonds is 2. The molecule has 0 atom stereocenters. The van der Waals surface area contributed by atoms with Gasteiger partial charge < -0.3 is 9.84 Å². The second-order valence-corrected chi connectivity index (χ2v) is 2.90. The quantitative estimate of drug-likeness (QED) is 0.788. The predicted molar refractivity (Wildman–Crippen MR) is 59.7 cm³/mol. The highest BCUT2D eigenvalue weighted by Crippen LogP contribution is 2.22. The van der Waals surface area contributed by atoms with Gasteiger partial charge in [-0.15, -0.1) is 0 Å². The van der Waals surface area contributed by atoms with E-state index in [2.05, 4.69) is 0 Å². The lowest BCUT2D eigenvalue weighted by Gasteiger charge is -2.09. The summed E-state index contributed by atoms with van der Waals surface area (Å²) >= 11 is 0. The highest BCUT2D eigenvalue weighted by Gasteiger charge is 2.03. The summed E-state index contributed by atoms with van der Waals surface area (Å²) in [5, 5.41) is 8.92. The fourth-order valence-corrected chi connectivity index (χ4v) is 1.20. The molecule has 0 heterocycles. The molecule has 1 N–H and O–H groups in total. The zero-order valence-corrected chi connectivity index (χ0v) is 9.72. The fourth-order valence-electron chi connectivity index (χ4n) is 1.20. The van der Waals surface area contributed by atoms with Gasteiger partial charge >= 0.3 is 0 Å². The maximum absolute atomic E-state index is 8.92. The van der Waals surface area contributed by atoms with Crippen molar-refractivity contribution in [3.8, 4) is 5.75 Å². The summed E-state index contributed by atoms with van der Waals surface area (Å²) in [6.07, 6.45) is 0. The molecule has 0 amide bonds. The largest absolute Gasteiger partial charge is 0.496 e. The highest BCUT2D eigenvalue weighted by atomic mass is 16.5. The summed E-state index contributed by atoms with van der Waals surface area (Å²) in [5.74, 6) is 0.846. The van der Waals surface area contributed by atoms with Gasteiger partial charge in [0.05, 0.1) is 13.7 Å². The molecule has 0 aromatic heterocycles. The van der Waals surface area contributed by atoms with Gasteiger partial charge in [-0.05, 0) is 36.6 Å². The molecule has 80 valence electrons. The Labute approximate surface area is 86.5 Å². The Morgan fingerprint density at radius 2 is 1.79 bits per heavy atom. The molecule has 1 aromatic carbocycles. The van der Waals surface area contributed by atoms with Crippen LogP contribution in [-0.4, -0.2) is 12.2 Å². The average Bonchev–Trinajstić information content (AvgIpc) is 2.24. The summed E-state index contributed by atoms with van der Waals surface area (Å²) in [4.78, 5) is 0. The number of aliphatic hydroxyl groups excluding tert-OH is 1. The van der Waals surface area contributed by atoms with E-state index < -0.39 is 0 Å². The SMILES string of the molecule is CC.COc1cc(CO)cc(C)c1C. The van der Waals surface area contributed by atoms with E-state index in [4.69, 9.17) is 9.84 Å². The molecular formula is C12H20O2. The third-order valence-electron chi connectivity index (χ3n) is 2.08.